The smallest absolute Gasteiger partial charge is 0.164 e. The highest BCUT2D eigenvalue weighted by atomic mass is 16.8. The molecule has 210 valence electrons. The molecule has 2 saturated carbocycles. The highest BCUT2D eigenvalue weighted by Gasteiger charge is 2.73. The minimum Gasteiger partial charge on any atom is -0.497 e. The van der Waals surface area contributed by atoms with Crippen molar-refractivity contribution in [3.63, 3.8) is 0 Å². The van der Waals surface area contributed by atoms with Crippen LogP contribution in [0.2, 0.25) is 0 Å². The SMILES string of the molecule is C=C[C@@H](OCc1ccc(OC)cc1)[C@]1([C@H]2[C@@H]3O[C@@H]3[C@]3(O)CC[C@H]([C@@H](O)C(=O)[C@H]2C)C3(C)C)COC(C)(C)O1. The number of aliphatic hydroxyl groups is 2. The summed E-state index contributed by atoms with van der Waals surface area (Å²) < 4.78 is 30.8. The van der Waals surface area contributed by atoms with E-state index in [1.807, 2.05) is 58.9 Å². The third-order valence-corrected chi connectivity index (χ3v) is 9.82. The second-order valence-corrected chi connectivity index (χ2v) is 12.5. The van der Waals surface area contributed by atoms with E-state index >= 15 is 0 Å². The summed E-state index contributed by atoms with van der Waals surface area (Å²) in [6.07, 6.45) is -0.0738. The zero-order chi connectivity index (χ0) is 27.7. The van der Waals surface area contributed by atoms with E-state index in [0.29, 0.717) is 12.8 Å². The molecule has 0 amide bonds. The molecule has 1 aromatic carbocycles. The predicted molar refractivity (Wildman–Crippen MR) is 139 cm³/mol. The van der Waals surface area contributed by atoms with Gasteiger partial charge in [0.25, 0.3) is 0 Å². The van der Waals surface area contributed by atoms with Crippen LogP contribution in [0.25, 0.3) is 0 Å². The van der Waals surface area contributed by atoms with E-state index in [-0.39, 0.29) is 24.9 Å². The highest BCUT2D eigenvalue weighted by Crippen LogP contribution is 2.62. The fraction of sp³-hybridized carbons (Fsp3) is 0.700. The first-order valence-electron chi connectivity index (χ1n) is 13.6. The van der Waals surface area contributed by atoms with Crippen LogP contribution in [0.15, 0.2) is 36.9 Å². The molecule has 2 heterocycles. The highest BCUT2D eigenvalue weighted by molar-refractivity contribution is 5.86. The molecule has 2 aliphatic carbocycles. The summed E-state index contributed by atoms with van der Waals surface area (Å²) in [5.41, 5.74) is -2.06. The van der Waals surface area contributed by atoms with Crippen LogP contribution in [0.3, 0.4) is 0 Å². The molecular formula is C30H42O8. The van der Waals surface area contributed by atoms with Crippen LogP contribution < -0.4 is 4.74 Å². The summed E-state index contributed by atoms with van der Waals surface area (Å²) >= 11 is 0. The van der Waals surface area contributed by atoms with E-state index in [1.165, 1.54) is 0 Å². The number of rotatable bonds is 7. The number of fused-ring (bicyclic) bond motifs is 4. The lowest BCUT2D eigenvalue weighted by Crippen LogP contribution is -2.58. The van der Waals surface area contributed by atoms with Gasteiger partial charge in [0, 0.05) is 17.3 Å². The Morgan fingerprint density at radius 1 is 1.21 bits per heavy atom. The van der Waals surface area contributed by atoms with Gasteiger partial charge in [-0.05, 0) is 50.3 Å². The van der Waals surface area contributed by atoms with E-state index in [1.54, 1.807) is 13.2 Å². The standard InChI is InChI=1S/C30H42O8/c1-8-21(35-15-18-9-11-19(34-7)12-10-18)29(16-36-28(5,6)38-29)22-17(2)23(31)24(32)20-13-14-30(33,27(20,3)4)26-25(22)37-26/h8-12,17,20-22,24-26,32-33H,1,13-16H2,2-7H3/t17-,20+,21+,22+,24+,25-,26-,29-,30+/m0/s1. The average Bonchev–Trinajstić information content (AvgIpc) is 3.54. The summed E-state index contributed by atoms with van der Waals surface area (Å²) in [6, 6.07) is 7.60. The lowest BCUT2D eigenvalue weighted by molar-refractivity contribution is -0.211. The lowest BCUT2D eigenvalue weighted by atomic mass is 9.68. The minimum atomic E-state index is -1.19. The molecule has 0 unspecified atom stereocenters. The number of carbonyl (C=O) groups excluding carboxylic acids is 1. The number of carbonyl (C=O) groups is 1. The van der Waals surface area contributed by atoms with E-state index in [4.69, 9.17) is 23.7 Å². The summed E-state index contributed by atoms with van der Waals surface area (Å²) in [5.74, 6) is -2.00. The van der Waals surface area contributed by atoms with Gasteiger partial charge >= 0.3 is 0 Å². The monoisotopic (exact) mass is 530 g/mol. The van der Waals surface area contributed by atoms with Crippen molar-refractivity contribution in [2.75, 3.05) is 13.7 Å². The Labute approximate surface area is 225 Å². The number of hydrogen-bond acceptors (Lipinski definition) is 8. The maximum Gasteiger partial charge on any atom is 0.164 e. The third-order valence-electron chi connectivity index (χ3n) is 9.82. The van der Waals surface area contributed by atoms with Gasteiger partial charge in [-0.15, -0.1) is 6.58 Å². The molecule has 4 aliphatic rings. The van der Waals surface area contributed by atoms with Gasteiger partial charge in [0.2, 0.25) is 0 Å². The number of benzene rings is 1. The Morgan fingerprint density at radius 2 is 1.89 bits per heavy atom. The molecule has 2 bridgehead atoms. The first-order chi connectivity index (χ1) is 17.8. The maximum absolute atomic E-state index is 13.9. The van der Waals surface area contributed by atoms with Gasteiger partial charge in [0.15, 0.2) is 11.6 Å². The molecule has 38 heavy (non-hydrogen) atoms. The first-order valence-corrected chi connectivity index (χ1v) is 13.6. The van der Waals surface area contributed by atoms with Crippen molar-refractivity contribution in [1.82, 2.24) is 0 Å². The summed E-state index contributed by atoms with van der Waals surface area (Å²) in [5, 5.41) is 23.3. The third kappa shape index (κ3) is 4.16. The zero-order valence-electron chi connectivity index (χ0n) is 23.3. The van der Waals surface area contributed by atoms with Crippen molar-refractivity contribution in [2.45, 2.75) is 95.5 Å². The molecule has 0 radical (unpaired) electrons. The number of ether oxygens (including phenoxy) is 5. The van der Waals surface area contributed by atoms with Crippen LogP contribution in [-0.2, 0) is 30.3 Å². The van der Waals surface area contributed by atoms with Gasteiger partial charge < -0.3 is 33.9 Å². The molecule has 2 aliphatic heterocycles. The summed E-state index contributed by atoms with van der Waals surface area (Å²) in [4.78, 5) is 13.9. The van der Waals surface area contributed by atoms with Gasteiger partial charge in [0.05, 0.1) is 32.0 Å². The molecule has 8 nitrogen and oxygen atoms in total. The van der Waals surface area contributed by atoms with Crippen molar-refractivity contribution in [3.05, 3.63) is 42.5 Å². The first kappa shape index (κ1) is 27.7. The average molecular weight is 531 g/mol. The van der Waals surface area contributed by atoms with Gasteiger partial charge in [-0.1, -0.05) is 39.0 Å². The van der Waals surface area contributed by atoms with Crippen LogP contribution in [0.1, 0.15) is 53.0 Å². The molecule has 2 N–H and O–H groups in total. The van der Waals surface area contributed by atoms with Gasteiger partial charge in [0.1, 0.15) is 29.7 Å². The number of methoxy groups -OCH3 is 1. The van der Waals surface area contributed by atoms with Gasteiger partial charge in [-0.25, -0.2) is 0 Å². The van der Waals surface area contributed by atoms with Crippen LogP contribution in [0, 0.1) is 23.2 Å². The molecule has 0 aromatic heterocycles. The molecule has 2 saturated heterocycles. The van der Waals surface area contributed by atoms with E-state index < -0.39 is 58.7 Å². The summed E-state index contributed by atoms with van der Waals surface area (Å²) in [7, 11) is 1.62. The van der Waals surface area contributed by atoms with Gasteiger partial charge in [-0.2, -0.15) is 0 Å². The Balaban J connectivity index is 1.52. The number of hydrogen-bond donors (Lipinski definition) is 2. The van der Waals surface area contributed by atoms with Gasteiger partial charge in [-0.3, -0.25) is 4.79 Å². The fourth-order valence-electron chi connectivity index (χ4n) is 7.47. The zero-order valence-corrected chi connectivity index (χ0v) is 23.3. The van der Waals surface area contributed by atoms with Crippen molar-refractivity contribution < 1.29 is 38.7 Å². The second kappa shape index (κ2) is 9.39. The van der Waals surface area contributed by atoms with Crippen LogP contribution >= 0.6 is 0 Å². The normalized spacial score (nSPS) is 41.9. The largest absolute Gasteiger partial charge is 0.497 e. The van der Waals surface area contributed by atoms with Crippen molar-refractivity contribution in [3.8, 4) is 5.75 Å². The fourth-order valence-corrected chi connectivity index (χ4v) is 7.47. The number of ketones is 1. The number of aliphatic hydroxyl groups excluding tert-OH is 1. The van der Waals surface area contributed by atoms with Crippen LogP contribution in [0.5, 0.6) is 5.75 Å². The molecule has 9 atom stereocenters. The van der Waals surface area contributed by atoms with Crippen LogP contribution in [-0.4, -0.2) is 71.1 Å². The second-order valence-electron chi connectivity index (χ2n) is 12.5. The maximum atomic E-state index is 13.9. The molecule has 1 aromatic rings. The Kier molecular flexibility index (Phi) is 6.86. The number of Topliss-reactive ketones (excluding diaryl/α,β-unsaturated/α-hetero) is 1. The molecule has 8 heteroatoms. The molecule has 0 spiro atoms. The number of epoxide rings is 1. The topological polar surface area (TPSA) is 107 Å². The Bertz CT molecular complexity index is 1070. The van der Waals surface area contributed by atoms with E-state index in [9.17, 15) is 15.0 Å². The predicted octanol–water partition coefficient (Wildman–Crippen LogP) is 3.42. The molecule has 5 rings (SSSR count). The Morgan fingerprint density at radius 3 is 2.47 bits per heavy atom. The molecular weight excluding hydrogens is 488 g/mol. The van der Waals surface area contributed by atoms with E-state index in [0.717, 1.165) is 11.3 Å². The van der Waals surface area contributed by atoms with Crippen molar-refractivity contribution >= 4 is 5.78 Å². The van der Waals surface area contributed by atoms with E-state index in [2.05, 4.69) is 6.58 Å². The molecule has 4 fully saturated rings. The Hall–Kier alpha value is -1.81. The van der Waals surface area contributed by atoms with Crippen LogP contribution in [0.4, 0.5) is 0 Å². The summed E-state index contributed by atoms with van der Waals surface area (Å²) in [6.45, 7) is 13.8. The van der Waals surface area contributed by atoms with Crippen molar-refractivity contribution in [1.29, 1.82) is 0 Å². The lowest BCUT2D eigenvalue weighted by Gasteiger charge is -2.43. The minimum absolute atomic E-state index is 0.148. The van der Waals surface area contributed by atoms with Crippen molar-refractivity contribution in [2.24, 2.45) is 23.2 Å². The quantitative estimate of drug-likeness (QED) is 0.408.